The molecule has 0 spiro atoms. The van der Waals surface area contributed by atoms with Crippen LogP contribution in [-0.2, 0) is 9.53 Å². The zero-order chi connectivity index (χ0) is 24.8. The average molecular weight is 501 g/mol. The Morgan fingerprint density at radius 2 is 2.06 bits per heavy atom. The van der Waals surface area contributed by atoms with E-state index in [9.17, 15) is 14.7 Å². The largest absolute Gasteiger partial charge is 0.868 e. The summed E-state index contributed by atoms with van der Waals surface area (Å²) in [7, 11) is 1.55. The van der Waals surface area contributed by atoms with Gasteiger partial charge in [0.1, 0.15) is 13.1 Å². The van der Waals surface area contributed by atoms with Crippen LogP contribution in [0, 0.1) is 0 Å². The van der Waals surface area contributed by atoms with E-state index in [1.54, 1.807) is 41.7 Å². The SMILES string of the molecule is CCCOc1ccc(C2C(C(=O)c3cccs3)=C([O-])C(=O)N2CCC[NH+]2CCOCC2)cc1OC. The van der Waals surface area contributed by atoms with Crippen LogP contribution in [0.2, 0.25) is 0 Å². The summed E-state index contributed by atoms with van der Waals surface area (Å²) in [5.74, 6) is -0.657. The van der Waals surface area contributed by atoms with E-state index in [0.29, 0.717) is 35.1 Å². The summed E-state index contributed by atoms with van der Waals surface area (Å²) in [6.07, 6.45) is 1.57. The number of quaternary nitrogens is 1. The number of methoxy groups -OCH3 is 1. The van der Waals surface area contributed by atoms with Gasteiger partial charge < -0.3 is 29.1 Å². The van der Waals surface area contributed by atoms with Crippen LogP contribution in [-0.4, -0.2) is 69.7 Å². The summed E-state index contributed by atoms with van der Waals surface area (Å²) in [4.78, 5) is 29.9. The Morgan fingerprint density at radius 1 is 1.26 bits per heavy atom. The molecule has 1 fully saturated rings. The molecule has 1 amide bonds. The predicted octanol–water partition coefficient (Wildman–Crippen LogP) is 1.23. The third-order valence-electron chi connectivity index (χ3n) is 6.37. The van der Waals surface area contributed by atoms with Gasteiger partial charge in [-0.1, -0.05) is 19.1 Å². The molecule has 2 aliphatic heterocycles. The highest BCUT2D eigenvalue weighted by Crippen LogP contribution is 2.41. The van der Waals surface area contributed by atoms with Gasteiger partial charge in [0.2, 0.25) is 11.7 Å². The zero-order valence-electron chi connectivity index (χ0n) is 20.2. The Labute approximate surface area is 209 Å². The van der Waals surface area contributed by atoms with Crippen LogP contribution < -0.4 is 19.5 Å². The lowest BCUT2D eigenvalue weighted by atomic mass is 9.95. The highest BCUT2D eigenvalue weighted by atomic mass is 32.1. The van der Waals surface area contributed by atoms with Crippen LogP contribution in [0.15, 0.2) is 47.0 Å². The first-order chi connectivity index (χ1) is 17.0. The van der Waals surface area contributed by atoms with Crippen molar-refractivity contribution in [2.45, 2.75) is 25.8 Å². The van der Waals surface area contributed by atoms with E-state index >= 15 is 0 Å². The number of benzene rings is 1. The van der Waals surface area contributed by atoms with Crippen LogP contribution in [0.25, 0.3) is 0 Å². The van der Waals surface area contributed by atoms with Gasteiger partial charge in [-0.25, -0.2) is 0 Å². The summed E-state index contributed by atoms with van der Waals surface area (Å²) in [6.45, 7) is 7.15. The summed E-state index contributed by atoms with van der Waals surface area (Å²) >= 11 is 1.26. The number of carbonyl (C=O) groups is 2. The number of ether oxygens (including phenoxy) is 3. The molecule has 2 aliphatic rings. The first-order valence-corrected chi connectivity index (χ1v) is 13.0. The van der Waals surface area contributed by atoms with E-state index in [1.807, 2.05) is 13.0 Å². The molecule has 1 aromatic carbocycles. The Kier molecular flexibility index (Phi) is 8.43. The van der Waals surface area contributed by atoms with Crippen molar-refractivity contribution < 1.29 is 33.8 Å². The van der Waals surface area contributed by atoms with Gasteiger partial charge >= 0.3 is 0 Å². The topological polar surface area (TPSA) is 92.6 Å². The molecule has 1 N–H and O–H groups in total. The standard InChI is InChI=1S/C26H32N2O6S/c1-3-13-34-19-8-7-18(17-20(19)32-2)23-22(24(29)21-6-4-16-35-21)25(30)26(31)28(23)10-5-9-27-11-14-33-15-12-27/h4,6-8,16-17,23,30H,3,5,9-15H2,1-2H3. The molecule has 0 aliphatic carbocycles. The fourth-order valence-electron chi connectivity index (χ4n) is 4.58. The number of thiophene rings is 1. The third kappa shape index (κ3) is 5.52. The van der Waals surface area contributed by atoms with Crippen molar-refractivity contribution in [3.05, 3.63) is 57.5 Å². The molecule has 1 unspecified atom stereocenters. The molecule has 0 radical (unpaired) electrons. The molecule has 0 bridgehead atoms. The number of rotatable bonds is 11. The molecule has 188 valence electrons. The molecule has 4 rings (SSSR count). The second-order valence-electron chi connectivity index (χ2n) is 8.67. The molecule has 0 saturated carbocycles. The van der Waals surface area contributed by atoms with Crippen molar-refractivity contribution in [2.75, 3.05) is 53.1 Å². The highest BCUT2D eigenvalue weighted by Gasteiger charge is 2.40. The van der Waals surface area contributed by atoms with Gasteiger partial charge in [0, 0.05) is 18.5 Å². The monoisotopic (exact) mass is 500 g/mol. The van der Waals surface area contributed by atoms with Gasteiger partial charge in [-0.05, 0) is 41.3 Å². The summed E-state index contributed by atoms with van der Waals surface area (Å²) in [6, 6.07) is 8.04. The van der Waals surface area contributed by atoms with Crippen molar-refractivity contribution in [3.63, 3.8) is 0 Å². The van der Waals surface area contributed by atoms with E-state index in [-0.39, 0.29) is 5.57 Å². The molecule has 9 heteroatoms. The normalized spacial score (nSPS) is 18.9. The van der Waals surface area contributed by atoms with Gasteiger partial charge in [-0.15, -0.1) is 11.3 Å². The Balaban J connectivity index is 1.64. The highest BCUT2D eigenvalue weighted by molar-refractivity contribution is 7.12. The first-order valence-electron chi connectivity index (χ1n) is 12.1. The number of carbonyl (C=O) groups excluding carboxylic acids is 2. The minimum Gasteiger partial charge on any atom is -0.868 e. The van der Waals surface area contributed by atoms with Crippen molar-refractivity contribution in [1.29, 1.82) is 0 Å². The first kappa shape index (κ1) is 25.2. The summed E-state index contributed by atoms with van der Waals surface area (Å²) < 4.78 is 16.7. The number of hydrogen-bond acceptors (Lipinski definition) is 7. The minimum absolute atomic E-state index is 0.000416. The number of amides is 1. The van der Waals surface area contributed by atoms with Crippen molar-refractivity contribution in [2.24, 2.45) is 0 Å². The number of morpholine rings is 1. The Hall–Kier alpha value is -2.88. The van der Waals surface area contributed by atoms with Crippen molar-refractivity contribution in [1.82, 2.24) is 4.90 Å². The zero-order valence-corrected chi connectivity index (χ0v) is 21.0. The fourth-order valence-corrected chi connectivity index (χ4v) is 5.26. The number of hydrogen-bond donors (Lipinski definition) is 1. The van der Waals surface area contributed by atoms with Crippen LogP contribution in [0.3, 0.4) is 0 Å². The van der Waals surface area contributed by atoms with E-state index in [4.69, 9.17) is 14.2 Å². The number of nitrogens with one attached hydrogen (secondary N) is 1. The van der Waals surface area contributed by atoms with Gasteiger partial charge in [-0.2, -0.15) is 0 Å². The van der Waals surface area contributed by atoms with Gasteiger partial charge in [0.25, 0.3) is 0 Å². The molecule has 1 saturated heterocycles. The Morgan fingerprint density at radius 3 is 2.74 bits per heavy atom. The van der Waals surface area contributed by atoms with E-state index < -0.39 is 23.5 Å². The summed E-state index contributed by atoms with van der Waals surface area (Å²) in [5.41, 5.74) is 0.656. The van der Waals surface area contributed by atoms with E-state index in [2.05, 4.69) is 0 Å². The molecule has 35 heavy (non-hydrogen) atoms. The molecule has 1 aromatic heterocycles. The quantitative estimate of drug-likeness (QED) is 0.467. The van der Waals surface area contributed by atoms with Crippen LogP contribution in [0.5, 0.6) is 11.5 Å². The third-order valence-corrected chi connectivity index (χ3v) is 7.24. The van der Waals surface area contributed by atoms with Gasteiger partial charge in [0.05, 0.1) is 44.4 Å². The number of Topliss-reactive ketones (excluding diaryl/α,β-unsaturated/α-hetero) is 1. The maximum atomic E-state index is 13.4. The molecule has 8 nitrogen and oxygen atoms in total. The van der Waals surface area contributed by atoms with Crippen LogP contribution >= 0.6 is 11.3 Å². The molecule has 3 heterocycles. The lowest BCUT2D eigenvalue weighted by Gasteiger charge is -2.29. The smallest absolute Gasteiger partial charge is 0.239 e. The lowest BCUT2D eigenvalue weighted by Crippen LogP contribution is -3.14. The van der Waals surface area contributed by atoms with Gasteiger partial charge in [0.15, 0.2) is 11.5 Å². The van der Waals surface area contributed by atoms with Crippen LogP contribution in [0.4, 0.5) is 0 Å². The van der Waals surface area contributed by atoms with Crippen LogP contribution in [0.1, 0.15) is 41.0 Å². The maximum absolute atomic E-state index is 13.4. The molecular weight excluding hydrogens is 468 g/mol. The lowest BCUT2D eigenvalue weighted by molar-refractivity contribution is -0.908. The minimum atomic E-state index is -0.765. The van der Waals surface area contributed by atoms with Gasteiger partial charge in [-0.3, -0.25) is 9.59 Å². The maximum Gasteiger partial charge on any atom is 0.239 e. The molecule has 1 atom stereocenters. The summed E-state index contributed by atoms with van der Waals surface area (Å²) in [5, 5.41) is 14.9. The second-order valence-corrected chi connectivity index (χ2v) is 9.62. The fraction of sp³-hybridized carbons (Fsp3) is 0.462. The van der Waals surface area contributed by atoms with Crippen molar-refractivity contribution in [3.8, 4) is 11.5 Å². The molecular formula is C26H32N2O6S. The van der Waals surface area contributed by atoms with E-state index in [0.717, 1.165) is 45.7 Å². The molecule has 2 aromatic rings. The second kappa shape index (κ2) is 11.7. The number of nitrogens with zero attached hydrogens (tertiary/aromatic N) is 1. The van der Waals surface area contributed by atoms with E-state index in [1.165, 1.54) is 16.2 Å². The van der Waals surface area contributed by atoms with Crippen molar-refractivity contribution >= 4 is 23.0 Å². The average Bonchev–Trinajstić information content (AvgIpc) is 3.51. The predicted molar refractivity (Wildman–Crippen MR) is 130 cm³/mol. The Bertz CT molecular complexity index is 1060. The number of ketones is 1.